The van der Waals surface area contributed by atoms with Crippen molar-refractivity contribution in [2.24, 2.45) is 0 Å². The molecular weight excluding hydrogens is 235 g/mol. The van der Waals surface area contributed by atoms with Crippen molar-refractivity contribution in [3.05, 3.63) is 51.5 Å². The Kier molecular flexibility index (Phi) is 3.40. The highest BCUT2D eigenvalue weighted by molar-refractivity contribution is 7.09. The van der Waals surface area contributed by atoms with Crippen LogP contribution < -0.4 is 5.32 Å². The van der Waals surface area contributed by atoms with Crippen molar-refractivity contribution < 1.29 is 4.39 Å². The first-order valence-corrected chi connectivity index (χ1v) is 6.05. The molecule has 0 unspecified atom stereocenters. The molecule has 4 heteroatoms. The van der Waals surface area contributed by atoms with Crippen LogP contribution in [0.25, 0.3) is 0 Å². The van der Waals surface area contributed by atoms with Gasteiger partial charge in [-0.25, -0.2) is 4.39 Å². The Morgan fingerprint density at radius 2 is 2.29 bits per heavy atom. The summed E-state index contributed by atoms with van der Waals surface area (Å²) in [4.78, 5) is 1.17. The van der Waals surface area contributed by atoms with Crippen molar-refractivity contribution in [2.75, 3.05) is 5.32 Å². The van der Waals surface area contributed by atoms with Gasteiger partial charge in [-0.15, -0.1) is 11.3 Å². The van der Waals surface area contributed by atoms with Crippen LogP contribution in [0.5, 0.6) is 0 Å². The zero-order chi connectivity index (χ0) is 12.3. The first kappa shape index (κ1) is 11.6. The lowest BCUT2D eigenvalue weighted by atomic mass is 10.1. The fraction of sp³-hybridized carbons (Fsp3) is 0.154. The molecule has 0 spiro atoms. The number of nitrogens with zero attached hydrogens (tertiary/aromatic N) is 1. The van der Waals surface area contributed by atoms with E-state index in [0.29, 0.717) is 23.4 Å². The molecule has 0 saturated heterocycles. The van der Waals surface area contributed by atoms with Gasteiger partial charge in [-0.2, -0.15) is 5.26 Å². The van der Waals surface area contributed by atoms with E-state index in [9.17, 15) is 4.39 Å². The third kappa shape index (κ3) is 2.63. The maximum Gasteiger partial charge on any atom is 0.129 e. The number of halogens is 1. The molecule has 0 radical (unpaired) electrons. The predicted octanol–water partition coefficient (Wildman–Crippen LogP) is 3.68. The topological polar surface area (TPSA) is 35.8 Å². The molecule has 2 aromatic rings. The quantitative estimate of drug-likeness (QED) is 0.896. The molecule has 86 valence electrons. The summed E-state index contributed by atoms with van der Waals surface area (Å²) in [7, 11) is 0. The van der Waals surface area contributed by atoms with Gasteiger partial charge < -0.3 is 5.32 Å². The SMILES string of the molecule is Cc1c(F)cc(C#N)cc1NCc1cccs1. The first-order chi connectivity index (χ1) is 8.20. The fourth-order valence-corrected chi connectivity index (χ4v) is 2.17. The van der Waals surface area contributed by atoms with Crippen LogP contribution >= 0.6 is 11.3 Å². The van der Waals surface area contributed by atoms with Crippen molar-refractivity contribution in [3.63, 3.8) is 0 Å². The zero-order valence-electron chi connectivity index (χ0n) is 9.33. The van der Waals surface area contributed by atoms with E-state index in [4.69, 9.17) is 5.26 Å². The summed E-state index contributed by atoms with van der Waals surface area (Å²) in [6.07, 6.45) is 0. The van der Waals surface area contributed by atoms with Gasteiger partial charge in [0.25, 0.3) is 0 Å². The third-order valence-electron chi connectivity index (χ3n) is 2.51. The number of benzene rings is 1. The molecule has 2 rings (SSSR count). The second kappa shape index (κ2) is 4.98. The second-order valence-electron chi connectivity index (χ2n) is 3.68. The maximum absolute atomic E-state index is 13.5. The van der Waals surface area contributed by atoms with E-state index in [1.165, 1.54) is 10.9 Å². The normalized spacial score (nSPS) is 9.94. The van der Waals surface area contributed by atoms with Gasteiger partial charge in [0.2, 0.25) is 0 Å². The monoisotopic (exact) mass is 246 g/mol. The number of anilines is 1. The molecule has 1 heterocycles. The van der Waals surface area contributed by atoms with Crippen LogP contribution in [0.2, 0.25) is 0 Å². The van der Waals surface area contributed by atoms with E-state index in [2.05, 4.69) is 5.32 Å². The van der Waals surface area contributed by atoms with Crippen LogP contribution in [0.1, 0.15) is 16.0 Å². The molecule has 1 N–H and O–H groups in total. The van der Waals surface area contributed by atoms with Gasteiger partial charge in [0.05, 0.1) is 11.6 Å². The van der Waals surface area contributed by atoms with E-state index in [1.807, 2.05) is 23.6 Å². The van der Waals surface area contributed by atoms with Gasteiger partial charge in [-0.05, 0) is 30.5 Å². The van der Waals surface area contributed by atoms with Crippen LogP contribution in [0.3, 0.4) is 0 Å². The van der Waals surface area contributed by atoms with Crippen molar-refractivity contribution in [1.29, 1.82) is 5.26 Å². The van der Waals surface area contributed by atoms with Crippen LogP contribution in [0, 0.1) is 24.1 Å². The summed E-state index contributed by atoms with van der Waals surface area (Å²) in [5.74, 6) is -0.349. The fourth-order valence-electron chi connectivity index (χ4n) is 1.52. The molecule has 0 aliphatic carbocycles. The summed E-state index contributed by atoms with van der Waals surface area (Å²) < 4.78 is 13.5. The predicted molar refractivity (Wildman–Crippen MR) is 67.5 cm³/mol. The molecule has 0 fully saturated rings. The molecule has 0 aliphatic rings. The van der Waals surface area contributed by atoms with Crippen LogP contribution in [0.4, 0.5) is 10.1 Å². The summed E-state index contributed by atoms with van der Waals surface area (Å²) >= 11 is 1.64. The number of nitrogens with one attached hydrogen (secondary N) is 1. The maximum atomic E-state index is 13.5. The van der Waals surface area contributed by atoms with E-state index >= 15 is 0 Å². The van der Waals surface area contributed by atoms with Gasteiger partial charge in [0.1, 0.15) is 5.82 Å². The van der Waals surface area contributed by atoms with Crippen LogP contribution in [0.15, 0.2) is 29.6 Å². The minimum atomic E-state index is -0.349. The zero-order valence-corrected chi connectivity index (χ0v) is 10.1. The van der Waals surface area contributed by atoms with Crippen molar-refractivity contribution in [2.45, 2.75) is 13.5 Å². The Balaban J connectivity index is 2.20. The molecule has 2 nitrogen and oxygen atoms in total. The molecule has 0 saturated carbocycles. The molecule has 0 atom stereocenters. The molecule has 0 aliphatic heterocycles. The Morgan fingerprint density at radius 3 is 2.94 bits per heavy atom. The lowest BCUT2D eigenvalue weighted by Crippen LogP contribution is -2.01. The molecule has 1 aromatic carbocycles. The highest BCUT2D eigenvalue weighted by Crippen LogP contribution is 2.21. The molecule has 17 heavy (non-hydrogen) atoms. The Hall–Kier alpha value is -1.86. The molecule has 0 bridgehead atoms. The van der Waals surface area contributed by atoms with Gasteiger partial charge in [0.15, 0.2) is 0 Å². The Bertz CT molecular complexity index is 556. The van der Waals surface area contributed by atoms with Crippen molar-refractivity contribution >= 4 is 17.0 Å². The van der Waals surface area contributed by atoms with Crippen LogP contribution in [-0.4, -0.2) is 0 Å². The number of thiophene rings is 1. The lowest BCUT2D eigenvalue weighted by molar-refractivity contribution is 0.618. The highest BCUT2D eigenvalue weighted by atomic mass is 32.1. The Labute approximate surface area is 103 Å². The Morgan fingerprint density at radius 1 is 1.47 bits per heavy atom. The van der Waals surface area contributed by atoms with Gasteiger partial charge in [-0.1, -0.05) is 6.07 Å². The van der Waals surface area contributed by atoms with E-state index < -0.39 is 0 Å². The molecule has 1 aromatic heterocycles. The number of rotatable bonds is 3. The van der Waals surface area contributed by atoms with E-state index in [1.54, 1.807) is 24.3 Å². The van der Waals surface area contributed by atoms with Gasteiger partial charge in [-0.3, -0.25) is 0 Å². The molecule has 0 amide bonds. The van der Waals surface area contributed by atoms with E-state index in [-0.39, 0.29) is 5.82 Å². The number of hydrogen-bond acceptors (Lipinski definition) is 3. The van der Waals surface area contributed by atoms with Gasteiger partial charge in [0, 0.05) is 22.7 Å². The van der Waals surface area contributed by atoms with Crippen molar-refractivity contribution in [1.82, 2.24) is 0 Å². The summed E-state index contributed by atoms with van der Waals surface area (Å²) in [5.41, 5.74) is 1.55. The summed E-state index contributed by atoms with van der Waals surface area (Å²) in [5, 5.41) is 13.9. The van der Waals surface area contributed by atoms with Gasteiger partial charge >= 0.3 is 0 Å². The largest absolute Gasteiger partial charge is 0.380 e. The smallest absolute Gasteiger partial charge is 0.129 e. The second-order valence-corrected chi connectivity index (χ2v) is 4.71. The minimum Gasteiger partial charge on any atom is -0.380 e. The standard InChI is InChI=1S/C13H11FN2S/c1-9-12(14)5-10(7-15)6-13(9)16-8-11-3-2-4-17-11/h2-6,16H,8H2,1H3. The van der Waals surface area contributed by atoms with Crippen molar-refractivity contribution in [3.8, 4) is 6.07 Å². The summed E-state index contributed by atoms with van der Waals surface area (Å²) in [6, 6.07) is 8.86. The lowest BCUT2D eigenvalue weighted by Gasteiger charge is -2.09. The third-order valence-corrected chi connectivity index (χ3v) is 3.38. The first-order valence-electron chi connectivity index (χ1n) is 5.17. The van der Waals surface area contributed by atoms with Crippen LogP contribution in [-0.2, 0) is 6.54 Å². The summed E-state index contributed by atoms with van der Waals surface area (Å²) in [6.45, 7) is 2.35. The molecular formula is C13H11FN2S. The average Bonchev–Trinajstić information content (AvgIpc) is 2.84. The van der Waals surface area contributed by atoms with E-state index in [0.717, 1.165) is 0 Å². The highest BCUT2D eigenvalue weighted by Gasteiger charge is 2.06. The number of hydrogen-bond donors (Lipinski definition) is 1. The average molecular weight is 246 g/mol. The minimum absolute atomic E-state index is 0.335. The number of nitriles is 1.